The maximum atomic E-state index is 12.4. The van der Waals surface area contributed by atoms with E-state index in [0.717, 1.165) is 30.0 Å². The van der Waals surface area contributed by atoms with Gasteiger partial charge in [0.05, 0.1) is 11.4 Å². The largest absolute Gasteiger partial charge is 0.315 e. The number of carbonyl (C=O) groups excluding carboxylic acids is 1. The third-order valence-corrected chi connectivity index (χ3v) is 3.55. The predicted molar refractivity (Wildman–Crippen MR) is 86.8 cm³/mol. The fraction of sp³-hybridized carbons (Fsp3) is 0.167. The van der Waals surface area contributed by atoms with Crippen LogP contribution in [0.2, 0.25) is 0 Å². The smallest absolute Gasteiger partial charge is 0.252 e. The van der Waals surface area contributed by atoms with E-state index in [1.54, 1.807) is 6.08 Å². The van der Waals surface area contributed by atoms with Crippen LogP contribution in [-0.2, 0) is 4.79 Å². The summed E-state index contributed by atoms with van der Waals surface area (Å²) in [5.41, 5.74) is 3.03. The highest BCUT2D eigenvalue weighted by atomic mass is 16.2. The van der Waals surface area contributed by atoms with Gasteiger partial charge in [0.2, 0.25) is 0 Å². The van der Waals surface area contributed by atoms with Crippen molar-refractivity contribution >= 4 is 23.0 Å². The van der Waals surface area contributed by atoms with E-state index in [2.05, 4.69) is 11.8 Å². The van der Waals surface area contributed by atoms with E-state index in [4.69, 9.17) is 0 Å². The molecule has 0 aromatic heterocycles. The third kappa shape index (κ3) is 2.55. The zero-order valence-corrected chi connectivity index (χ0v) is 12.1. The molecular weight excluding hydrogens is 260 g/mol. The first kappa shape index (κ1) is 13.4. The zero-order valence-electron chi connectivity index (χ0n) is 12.1. The first-order chi connectivity index (χ1) is 10.3. The van der Waals surface area contributed by atoms with Crippen molar-refractivity contribution in [2.24, 2.45) is 0 Å². The molecule has 21 heavy (non-hydrogen) atoms. The molecule has 0 saturated heterocycles. The SMILES string of the molecule is CCCN1C(=O)C=CN(c2ccccc2)c2ccccc21. The molecule has 0 spiro atoms. The van der Waals surface area contributed by atoms with E-state index in [1.165, 1.54) is 0 Å². The molecule has 0 N–H and O–H groups in total. The average Bonchev–Trinajstić information content (AvgIpc) is 2.67. The number of hydrogen-bond acceptors (Lipinski definition) is 2. The van der Waals surface area contributed by atoms with Crippen molar-refractivity contribution in [1.29, 1.82) is 0 Å². The first-order valence-corrected chi connectivity index (χ1v) is 7.24. The predicted octanol–water partition coefficient (Wildman–Crippen LogP) is 4.10. The van der Waals surface area contributed by atoms with Gasteiger partial charge in [0, 0.05) is 24.5 Å². The highest BCUT2D eigenvalue weighted by molar-refractivity contribution is 6.06. The molecule has 0 saturated carbocycles. The summed E-state index contributed by atoms with van der Waals surface area (Å²) in [6.45, 7) is 2.81. The lowest BCUT2D eigenvalue weighted by atomic mass is 10.2. The van der Waals surface area contributed by atoms with Gasteiger partial charge in [-0.1, -0.05) is 37.3 Å². The molecule has 2 aromatic rings. The van der Waals surface area contributed by atoms with Crippen molar-refractivity contribution in [3.8, 4) is 0 Å². The summed E-state index contributed by atoms with van der Waals surface area (Å²) >= 11 is 0. The van der Waals surface area contributed by atoms with Crippen LogP contribution >= 0.6 is 0 Å². The molecule has 0 radical (unpaired) electrons. The molecule has 3 nitrogen and oxygen atoms in total. The Morgan fingerprint density at radius 3 is 2.29 bits per heavy atom. The minimum absolute atomic E-state index is 0.0303. The van der Waals surface area contributed by atoms with E-state index in [9.17, 15) is 4.79 Å². The Morgan fingerprint density at radius 1 is 0.905 bits per heavy atom. The highest BCUT2D eigenvalue weighted by Gasteiger charge is 2.22. The normalized spacial score (nSPS) is 14.0. The second kappa shape index (κ2) is 5.83. The monoisotopic (exact) mass is 278 g/mol. The highest BCUT2D eigenvalue weighted by Crippen LogP contribution is 2.36. The van der Waals surface area contributed by atoms with Crippen molar-refractivity contribution in [1.82, 2.24) is 0 Å². The van der Waals surface area contributed by atoms with Crippen LogP contribution in [0.25, 0.3) is 0 Å². The molecule has 1 aliphatic rings. The molecule has 0 fully saturated rings. The van der Waals surface area contributed by atoms with Crippen LogP contribution in [0.4, 0.5) is 17.1 Å². The Morgan fingerprint density at radius 2 is 1.57 bits per heavy atom. The number of fused-ring (bicyclic) bond motifs is 1. The van der Waals surface area contributed by atoms with Crippen molar-refractivity contribution < 1.29 is 4.79 Å². The summed E-state index contributed by atoms with van der Waals surface area (Å²) in [7, 11) is 0. The van der Waals surface area contributed by atoms with Gasteiger partial charge in [0.15, 0.2) is 0 Å². The van der Waals surface area contributed by atoms with Crippen LogP contribution in [0.15, 0.2) is 66.9 Å². The van der Waals surface area contributed by atoms with Gasteiger partial charge in [-0.25, -0.2) is 0 Å². The third-order valence-electron chi connectivity index (χ3n) is 3.55. The standard InChI is InChI=1S/C18H18N2O/c1-2-13-20-17-11-7-6-10-16(17)19(14-12-18(20)21)15-8-4-3-5-9-15/h3-12,14H,2,13H2,1H3. The van der Waals surface area contributed by atoms with Crippen LogP contribution < -0.4 is 9.80 Å². The van der Waals surface area contributed by atoms with Crippen LogP contribution in [0.3, 0.4) is 0 Å². The van der Waals surface area contributed by atoms with Crippen molar-refractivity contribution in [2.45, 2.75) is 13.3 Å². The molecule has 3 rings (SSSR count). The summed E-state index contributed by atoms with van der Waals surface area (Å²) in [5.74, 6) is 0.0303. The molecule has 0 aliphatic carbocycles. The fourth-order valence-electron chi connectivity index (χ4n) is 2.59. The number of hydrogen-bond donors (Lipinski definition) is 0. The lowest BCUT2D eigenvalue weighted by Crippen LogP contribution is -2.29. The molecule has 0 bridgehead atoms. The first-order valence-electron chi connectivity index (χ1n) is 7.24. The Kier molecular flexibility index (Phi) is 3.73. The van der Waals surface area contributed by atoms with Gasteiger partial charge < -0.3 is 9.80 Å². The molecular formula is C18H18N2O. The number of benzene rings is 2. The van der Waals surface area contributed by atoms with Gasteiger partial charge in [-0.15, -0.1) is 0 Å². The van der Waals surface area contributed by atoms with Crippen LogP contribution in [0.1, 0.15) is 13.3 Å². The molecule has 1 aliphatic heterocycles. The van der Waals surface area contributed by atoms with E-state index in [1.807, 2.05) is 65.7 Å². The summed E-state index contributed by atoms with van der Waals surface area (Å²) in [5, 5.41) is 0. The number of rotatable bonds is 3. The number of para-hydroxylation sites is 3. The van der Waals surface area contributed by atoms with Crippen LogP contribution in [-0.4, -0.2) is 12.5 Å². The number of nitrogens with zero attached hydrogens (tertiary/aromatic N) is 2. The maximum Gasteiger partial charge on any atom is 0.252 e. The van der Waals surface area contributed by atoms with Gasteiger partial charge >= 0.3 is 0 Å². The number of carbonyl (C=O) groups is 1. The summed E-state index contributed by atoms with van der Waals surface area (Å²) in [6.07, 6.45) is 4.42. The summed E-state index contributed by atoms with van der Waals surface area (Å²) < 4.78 is 0. The zero-order chi connectivity index (χ0) is 14.7. The lowest BCUT2D eigenvalue weighted by Gasteiger charge is -2.26. The minimum atomic E-state index is 0.0303. The van der Waals surface area contributed by atoms with Gasteiger partial charge in [0.25, 0.3) is 5.91 Å². The molecule has 1 heterocycles. The Balaban J connectivity index is 2.13. The molecule has 3 heteroatoms. The number of amides is 1. The summed E-state index contributed by atoms with van der Waals surface area (Å²) in [4.78, 5) is 16.3. The number of anilines is 3. The van der Waals surface area contributed by atoms with E-state index >= 15 is 0 Å². The van der Waals surface area contributed by atoms with Crippen LogP contribution in [0, 0.1) is 0 Å². The Bertz CT molecular complexity index is 664. The van der Waals surface area contributed by atoms with Gasteiger partial charge in [-0.2, -0.15) is 0 Å². The van der Waals surface area contributed by atoms with Gasteiger partial charge in [-0.3, -0.25) is 4.79 Å². The van der Waals surface area contributed by atoms with E-state index < -0.39 is 0 Å². The van der Waals surface area contributed by atoms with Gasteiger partial charge in [0.1, 0.15) is 0 Å². The average molecular weight is 278 g/mol. The molecule has 106 valence electrons. The minimum Gasteiger partial charge on any atom is -0.315 e. The summed E-state index contributed by atoms with van der Waals surface area (Å²) in [6, 6.07) is 18.1. The molecule has 0 atom stereocenters. The quantitative estimate of drug-likeness (QED) is 0.844. The van der Waals surface area contributed by atoms with Crippen LogP contribution in [0.5, 0.6) is 0 Å². The molecule has 2 aromatic carbocycles. The molecule has 1 amide bonds. The topological polar surface area (TPSA) is 23.6 Å². The van der Waals surface area contributed by atoms with Crippen molar-refractivity contribution in [2.75, 3.05) is 16.3 Å². The van der Waals surface area contributed by atoms with E-state index in [-0.39, 0.29) is 5.91 Å². The second-order valence-electron chi connectivity index (χ2n) is 5.00. The fourth-order valence-corrected chi connectivity index (χ4v) is 2.59. The van der Waals surface area contributed by atoms with Gasteiger partial charge in [-0.05, 0) is 30.7 Å². The van der Waals surface area contributed by atoms with E-state index in [0.29, 0.717) is 0 Å². The Labute approximate surface area is 125 Å². The van der Waals surface area contributed by atoms with Crippen molar-refractivity contribution in [3.05, 3.63) is 66.9 Å². The van der Waals surface area contributed by atoms with Crippen molar-refractivity contribution in [3.63, 3.8) is 0 Å². The molecule has 0 unspecified atom stereocenters. The second-order valence-corrected chi connectivity index (χ2v) is 5.00. The maximum absolute atomic E-state index is 12.4. The Hall–Kier alpha value is -2.55. The lowest BCUT2D eigenvalue weighted by molar-refractivity contribution is -0.114.